The normalized spacial score (nSPS) is 11.4. The molecule has 29 heavy (non-hydrogen) atoms. The van der Waals surface area contributed by atoms with Gasteiger partial charge in [0.25, 0.3) is 0 Å². The SMILES string of the molecule is CCn1c(-c2ccncc2-c2cccc(CNC(C)C)c2)nc2cnc(N)nc21. The van der Waals surface area contributed by atoms with Gasteiger partial charge in [-0.05, 0) is 30.2 Å². The number of benzene rings is 1. The number of anilines is 1. The topological polar surface area (TPSA) is 94.5 Å². The van der Waals surface area contributed by atoms with Crippen LogP contribution in [0.15, 0.2) is 48.9 Å². The molecule has 3 N–H and O–H groups in total. The third kappa shape index (κ3) is 3.82. The number of aromatic nitrogens is 5. The van der Waals surface area contributed by atoms with Gasteiger partial charge >= 0.3 is 0 Å². The Morgan fingerprint density at radius 3 is 2.76 bits per heavy atom. The quantitative estimate of drug-likeness (QED) is 0.524. The second kappa shape index (κ2) is 7.97. The van der Waals surface area contributed by atoms with Crippen LogP contribution in [0.5, 0.6) is 0 Å². The zero-order valence-corrected chi connectivity index (χ0v) is 16.9. The zero-order chi connectivity index (χ0) is 20.4. The molecule has 4 rings (SSSR count). The van der Waals surface area contributed by atoms with Crippen LogP contribution in [0.2, 0.25) is 0 Å². The van der Waals surface area contributed by atoms with Crippen molar-refractivity contribution in [2.45, 2.75) is 39.9 Å². The van der Waals surface area contributed by atoms with Gasteiger partial charge in [-0.3, -0.25) is 4.98 Å². The fraction of sp³-hybridized carbons (Fsp3) is 0.273. The third-order valence-corrected chi connectivity index (χ3v) is 4.84. The molecule has 0 aliphatic carbocycles. The number of rotatable bonds is 6. The minimum Gasteiger partial charge on any atom is -0.368 e. The van der Waals surface area contributed by atoms with Gasteiger partial charge in [-0.15, -0.1) is 0 Å². The molecule has 0 bridgehead atoms. The molecule has 0 unspecified atom stereocenters. The van der Waals surface area contributed by atoms with Crippen molar-refractivity contribution in [3.8, 4) is 22.5 Å². The molecule has 0 radical (unpaired) electrons. The van der Waals surface area contributed by atoms with Gasteiger partial charge in [-0.25, -0.2) is 9.97 Å². The molecule has 148 valence electrons. The Morgan fingerprint density at radius 2 is 1.97 bits per heavy atom. The summed E-state index contributed by atoms with van der Waals surface area (Å²) in [6.07, 6.45) is 5.36. The number of imidazole rings is 1. The van der Waals surface area contributed by atoms with Gasteiger partial charge < -0.3 is 15.6 Å². The summed E-state index contributed by atoms with van der Waals surface area (Å²) in [6, 6.07) is 11.0. The molecule has 7 heteroatoms. The first-order valence-corrected chi connectivity index (χ1v) is 9.82. The monoisotopic (exact) mass is 387 g/mol. The molecule has 0 fully saturated rings. The first kappa shape index (κ1) is 19.0. The van der Waals surface area contributed by atoms with Crippen molar-refractivity contribution in [3.63, 3.8) is 0 Å². The van der Waals surface area contributed by atoms with Gasteiger partial charge in [-0.2, -0.15) is 4.98 Å². The fourth-order valence-corrected chi connectivity index (χ4v) is 3.43. The molecule has 0 aliphatic heterocycles. The molecule has 3 aromatic heterocycles. The molecule has 7 nitrogen and oxygen atoms in total. The predicted octanol–water partition coefficient (Wildman–Crippen LogP) is 3.66. The average molecular weight is 387 g/mol. The molecule has 0 spiro atoms. The lowest BCUT2D eigenvalue weighted by Gasteiger charge is -2.13. The summed E-state index contributed by atoms with van der Waals surface area (Å²) in [5.74, 6) is 1.09. The Morgan fingerprint density at radius 1 is 1.10 bits per heavy atom. The Balaban J connectivity index is 1.83. The van der Waals surface area contributed by atoms with Crippen LogP contribution in [0.1, 0.15) is 26.3 Å². The molecule has 0 aliphatic rings. The largest absolute Gasteiger partial charge is 0.368 e. The van der Waals surface area contributed by atoms with Crippen molar-refractivity contribution in [1.29, 1.82) is 0 Å². The smallest absolute Gasteiger partial charge is 0.222 e. The number of pyridine rings is 1. The van der Waals surface area contributed by atoms with Crippen LogP contribution in [0.4, 0.5) is 5.95 Å². The van der Waals surface area contributed by atoms with E-state index in [1.54, 1.807) is 12.4 Å². The molecule has 1 aromatic carbocycles. The standard InChI is InChI=1S/C22H25N7/c1-4-29-20(27-19-13-26-22(23)28-21(19)29)17-8-9-24-12-18(17)16-7-5-6-15(10-16)11-25-14(2)3/h5-10,12-14,25H,4,11H2,1-3H3,(H2,23,26,28). The van der Waals surface area contributed by atoms with Gasteiger partial charge in [0.05, 0.1) is 6.20 Å². The van der Waals surface area contributed by atoms with Crippen LogP contribution in [0.3, 0.4) is 0 Å². The van der Waals surface area contributed by atoms with Crippen LogP contribution in [-0.2, 0) is 13.1 Å². The number of fused-ring (bicyclic) bond motifs is 1. The van der Waals surface area contributed by atoms with Gasteiger partial charge in [0.1, 0.15) is 11.3 Å². The van der Waals surface area contributed by atoms with Crippen molar-refractivity contribution in [2.75, 3.05) is 5.73 Å². The summed E-state index contributed by atoms with van der Waals surface area (Å²) in [5.41, 5.74) is 11.7. The van der Waals surface area contributed by atoms with E-state index in [0.29, 0.717) is 6.04 Å². The summed E-state index contributed by atoms with van der Waals surface area (Å²) >= 11 is 0. The maximum absolute atomic E-state index is 5.80. The van der Waals surface area contributed by atoms with Crippen LogP contribution >= 0.6 is 0 Å². The molecule has 0 saturated heterocycles. The highest BCUT2D eigenvalue weighted by molar-refractivity contribution is 5.85. The fourth-order valence-electron chi connectivity index (χ4n) is 3.43. The summed E-state index contributed by atoms with van der Waals surface area (Å²) in [6.45, 7) is 7.91. The highest BCUT2D eigenvalue weighted by atomic mass is 15.2. The Kier molecular flexibility index (Phi) is 5.22. The lowest BCUT2D eigenvalue weighted by molar-refractivity contribution is 0.589. The second-order valence-electron chi connectivity index (χ2n) is 7.27. The predicted molar refractivity (Wildman–Crippen MR) is 116 cm³/mol. The van der Waals surface area contributed by atoms with Crippen LogP contribution in [0, 0.1) is 0 Å². The van der Waals surface area contributed by atoms with Gasteiger partial charge in [-0.1, -0.05) is 32.0 Å². The first-order chi connectivity index (χ1) is 14.1. The van der Waals surface area contributed by atoms with E-state index in [9.17, 15) is 0 Å². The zero-order valence-electron chi connectivity index (χ0n) is 16.9. The third-order valence-electron chi connectivity index (χ3n) is 4.84. The molecule has 0 amide bonds. The van der Waals surface area contributed by atoms with Gasteiger partial charge in [0, 0.05) is 42.7 Å². The van der Waals surface area contributed by atoms with E-state index in [4.69, 9.17) is 10.7 Å². The van der Waals surface area contributed by atoms with Crippen molar-refractivity contribution < 1.29 is 0 Å². The minimum absolute atomic E-state index is 0.249. The number of aryl methyl sites for hydroxylation is 1. The lowest BCUT2D eigenvalue weighted by atomic mass is 9.99. The van der Waals surface area contributed by atoms with Gasteiger partial charge in [0.2, 0.25) is 5.95 Å². The molecule has 3 heterocycles. The lowest BCUT2D eigenvalue weighted by Crippen LogP contribution is -2.21. The molecule has 0 atom stereocenters. The van der Waals surface area contributed by atoms with Gasteiger partial charge in [0.15, 0.2) is 5.65 Å². The number of nitrogen functional groups attached to an aromatic ring is 1. The number of hydrogen-bond donors (Lipinski definition) is 2. The molecular formula is C22H25N7. The number of nitrogens with one attached hydrogen (secondary N) is 1. The van der Waals surface area contributed by atoms with E-state index < -0.39 is 0 Å². The Labute approximate surface area is 170 Å². The van der Waals surface area contributed by atoms with E-state index in [1.807, 2.05) is 12.3 Å². The Hall–Kier alpha value is -3.32. The van der Waals surface area contributed by atoms with Crippen molar-refractivity contribution in [1.82, 2.24) is 29.8 Å². The van der Waals surface area contributed by atoms with Crippen molar-refractivity contribution in [3.05, 3.63) is 54.5 Å². The van der Waals surface area contributed by atoms with E-state index in [-0.39, 0.29) is 5.95 Å². The highest BCUT2D eigenvalue weighted by Gasteiger charge is 2.17. The first-order valence-electron chi connectivity index (χ1n) is 9.82. The van der Waals surface area contributed by atoms with E-state index in [0.717, 1.165) is 46.8 Å². The summed E-state index contributed by atoms with van der Waals surface area (Å²) in [5, 5.41) is 3.47. The molecule has 4 aromatic rings. The van der Waals surface area contributed by atoms with E-state index in [2.05, 4.69) is 69.9 Å². The van der Waals surface area contributed by atoms with Crippen molar-refractivity contribution in [2.24, 2.45) is 0 Å². The second-order valence-corrected chi connectivity index (χ2v) is 7.27. The maximum atomic E-state index is 5.80. The maximum Gasteiger partial charge on any atom is 0.222 e. The van der Waals surface area contributed by atoms with Crippen molar-refractivity contribution >= 4 is 17.1 Å². The van der Waals surface area contributed by atoms with E-state index in [1.165, 1.54) is 5.56 Å². The van der Waals surface area contributed by atoms with Crippen LogP contribution < -0.4 is 11.1 Å². The number of hydrogen-bond acceptors (Lipinski definition) is 6. The van der Waals surface area contributed by atoms with E-state index >= 15 is 0 Å². The average Bonchev–Trinajstić information content (AvgIpc) is 3.10. The Bertz CT molecular complexity index is 1150. The molecule has 0 saturated carbocycles. The summed E-state index contributed by atoms with van der Waals surface area (Å²) in [4.78, 5) is 17.7. The van der Waals surface area contributed by atoms with Crippen LogP contribution in [-0.4, -0.2) is 30.5 Å². The minimum atomic E-state index is 0.249. The summed E-state index contributed by atoms with van der Waals surface area (Å²) in [7, 11) is 0. The highest BCUT2D eigenvalue weighted by Crippen LogP contribution is 2.33. The number of nitrogens with zero attached hydrogens (tertiary/aromatic N) is 5. The molecular weight excluding hydrogens is 362 g/mol. The van der Waals surface area contributed by atoms with Crippen LogP contribution in [0.25, 0.3) is 33.7 Å². The number of nitrogens with two attached hydrogens (primary N) is 1. The summed E-state index contributed by atoms with van der Waals surface area (Å²) < 4.78 is 2.07.